The Labute approximate surface area is 111 Å². The van der Waals surface area contributed by atoms with Gasteiger partial charge in [0.15, 0.2) is 0 Å². The number of carbonyl (C=O) groups is 1. The van der Waals surface area contributed by atoms with Gasteiger partial charge in [0.1, 0.15) is 0 Å². The number of hydrogen-bond acceptors (Lipinski definition) is 1. The monoisotopic (exact) mass is 250 g/mol. The molecule has 0 atom stereocenters. The summed E-state index contributed by atoms with van der Waals surface area (Å²) >= 11 is 0. The maximum Gasteiger partial charge on any atom is 0.257 e. The fourth-order valence-electron chi connectivity index (χ4n) is 2.26. The van der Waals surface area contributed by atoms with E-state index in [1.807, 2.05) is 72.4 Å². The first-order valence-electron chi connectivity index (χ1n) is 6.16. The van der Waals surface area contributed by atoms with E-state index in [4.69, 9.17) is 0 Å². The molecule has 0 saturated heterocycles. The van der Waals surface area contributed by atoms with Crippen LogP contribution in [0.2, 0.25) is 0 Å². The van der Waals surface area contributed by atoms with Gasteiger partial charge in [-0.05, 0) is 24.3 Å². The topological polar surface area (TPSA) is 34.0 Å². The molecule has 19 heavy (non-hydrogen) atoms. The van der Waals surface area contributed by atoms with Crippen molar-refractivity contribution in [3.8, 4) is 0 Å². The number of aryl methyl sites for hydroxylation is 1. The zero-order valence-electron chi connectivity index (χ0n) is 10.6. The summed E-state index contributed by atoms with van der Waals surface area (Å²) in [5, 5.41) is 3.99. The standard InChI is InChI=1S/C16H14N2O/c1-18-11-10-12-6-5-9-14(15(12)18)16(19)17-13-7-3-2-4-8-13/h2-11H,1H3,(H,17,19). The Morgan fingerprint density at radius 3 is 2.58 bits per heavy atom. The number of aromatic nitrogens is 1. The molecule has 2 aromatic carbocycles. The zero-order chi connectivity index (χ0) is 13.2. The molecule has 3 heteroatoms. The van der Waals surface area contributed by atoms with Crippen LogP contribution in [0.4, 0.5) is 5.69 Å². The molecule has 0 saturated carbocycles. The first-order chi connectivity index (χ1) is 9.25. The quantitative estimate of drug-likeness (QED) is 0.742. The summed E-state index contributed by atoms with van der Waals surface area (Å²) in [6.07, 6.45) is 1.96. The van der Waals surface area contributed by atoms with Crippen LogP contribution in [0.3, 0.4) is 0 Å². The van der Waals surface area contributed by atoms with Gasteiger partial charge < -0.3 is 9.88 Å². The lowest BCUT2D eigenvalue weighted by molar-refractivity contribution is 0.102. The molecule has 3 aromatic rings. The van der Waals surface area contributed by atoms with E-state index in [0.29, 0.717) is 5.56 Å². The second-order valence-corrected chi connectivity index (χ2v) is 4.49. The van der Waals surface area contributed by atoms with Crippen molar-refractivity contribution in [2.75, 3.05) is 5.32 Å². The number of carbonyl (C=O) groups excluding carboxylic acids is 1. The Hall–Kier alpha value is -2.55. The van der Waals surface area contributed by atoms with E-state index in [1.165, 1.54) is 0 Å². The first-order valence-corrected chi connectivity index (χ1v) is 6.16. The van der Waals surface area contributed by atoms with E-state index in [1.54, 1.807) is 0 Å². The third-order valence-electron chi connectivity index (χ3n) is 3.17. The Bertz CT molecular complexity index is 729. The second kappa shape index (κ2) is 4.61. The van der Waals surface area contributed by atoms with Gasteiger partial charge >= 0.3 is 0 Å². The van der Waals surface area contributed by atoms with Crippen LogP contribution in [-0.4, -0.2) is 10.5 Å². The number of rotatable bonds is 2. The zero-order valence-corrected chi connectivity index (χ0v) is 10.6. The summed E-state index contributed by atoms with van der Waals surface area (Å²) in [7, 11) is 1.95. The van der Waals surface area contributed by atoms with E-state index in [9.17, 15) is 4.79 Å². The summed E-state index contributed by atoms with van der Waals surface area (Å²) in [6, 6.07) is 17.3. The first kappa shape index (κ1) is 11.5. The Morgan fingerprint density at radius 2 is 1.79 bits per heavy atom. The van der Waals surface area contributed by atoms with Crippen LogP contribution in [0.1, 0.15) is 10.4 Å². The molecule has 0 aliphatic carbocycles. The lowest BCUT2D eigenvalue weighted by Gasteiger charge is -2.07. The summed E-state index contributed by atoms with van der Waals surface area (Å²) in [5.74, 6) is -0.0846. The number of para-hydroxylation sites is 2. The summed E-state index contributed by atoms with van der Waals surface area (Å²) in [5.41, 5.74) is 2.45. The van der Waals surface area contributed by atoms with Crippen LogP contribution in [0, 0.1) is 0 Å². The fourth-order valence-corrected chi connectivity index (χ4v) is 2.26. The number of nitrogens with zero attached hydrogens (tertiary/aromatic N) is 1. The van der Waals surface area contributed by atoms with Gasteiger partial charge in [-0.15, -0.1) is 0 Å². The van der Waals surface area contributed by atoms with Crippen molar-refractivity contribution in [3.63, 3.8) is 0 Å². The van der Waals surface area contributed by atoms with Gasteiger partial charge in [-0.25, -0.2) is 0 Å². The van der Waals surface area contributed by atoms with Gasteiger partial charge in [0.2, 0.25) is 0 Å². The molecule has 0 bridgehead atoms. The number of anilines is 1. The number of benzene rings is 2. The number of nitrogens with one attached hydrogen (secondary N) is 1. The van der Waals surface area contributed by atoms with Crippen LogP contribution in [0.25, 0.3) is 10.9 Å². The minimum Gasteiger partial charge on any atom is -0.350 e. The predicted molar refractivity (Wildman–Crippen MR) is 77.3 cm³/mol. The molecule has 1 aromatic heterocycles. The molecule has 3 nitrogen and oxygen atoms in total. The largest absolute Gasteiger partial charge is 0.350 e. The highest BCUT2D eigenvalue weighted by Gasteiger charge is 2.12. The van der Waals surface area contributed by atoms with Crippen molar-refractivity contribution in [2.45, 2.75) is 0 Å². The smallest absolute Gasteiger partial charge is 0.257 e. The summed E-state index contributed by atoms with van der Waals surface area (Å²) in [4.78, 5) is 12.4. The van der Waals surface area contributed by atoms with Gasteiger partial charge in [0.25, 0.3) is 5.91 Å². The molecule has 0 spiro atoms. The highest BCUT2D eigenvalue weighted by atomic mass is 16.1. The fraction of sp³-hybridized carbons (Fsp3) is 0.0625. The molecule has 94 valence electrons. The molecule has 1 N–H and O–H groups in total. The molecule has 0 unspecified atom stereocenters. The van der Waals surface area contributed by atoms with E-state index in [2.05, 4.69) is 5.32 Å². The molecule has 1 heterocycles. The predicted octanol–water partition coefficient (Wildman–Crippen LogP) is 3.43. The molecule has 0 radical (unpaired) electrons. The van der Waals surface area contributed by atoms with E-state index in [-0.39, 0.29) is 5.91 Å². The minimum atomic E-state index is -0.0846. The average molecular weight is 250 g/mol. The van der Waals surface area contributed by atoms with E-state index in [0.717, 1.165) is 16.6 Å². The third-order valence-corrected chi connectivity index (χ3v) is 3.17. The average Bonchev–Trinajstić information content (AvgIpc) is 2.82. The van der Waals surface area contributed by atoms with Crippen LogP contribution in [0.15, 0.2) is 60.8 Å². The van der Waals surface area contributed by atoms with Crippen molar-refractivity contribution in [1.29, 1.82) is 0 Å². The van der Waals surface area contributed by atoms with Crippen molar-refractivity contribution in [3.05, 3.63) is 66.4 Å². The highest BCUT2D eigenvalue weighted by Crippen LogP contribution is 2.20. The van der Waals surface area contributed by atoms with E-state index >= 15 is 0 Å². The van der Waals surface area contributed by atoms with Crippen LogP contribution in [-0.2, 0) is 7.05 Å². The van der Waals surface area contributed by atoms with Crippen molar-refractivity contribution in [2.24, 2.45) is 7.05 Å². The van der Waals surface area contributed by atoms with Gasteiger partial charge in [0, 0.05) is 24.3 Å². The third kappa shape index (κ3) is 2.10. The highest BCUT2D eigenvalue weighted by molar-refractivity contribution is 6.12. The summed E-state index contributed by atoms with van der Waals surface area (Å²) < 4.78 is 1.97. The molecule has 0 fully saturated rings. The molecule has 1 amide bonds. The van der Waals surface area contributed by atoms with E-state index < -0.39 is 0 Å². The van der Waals surface area contributed by atoms with Crippen molar-refractivity contribution >= 4 is 22.5 Å². The normalized spacial score (nSPS) is 10.6. The van der Waals surface area contributed by atoms with Crippen LogP contribution < -0.4 is 5.32 Å². The number of amides is 1. The van der Waals surface area contributed by atoms with Crippen LogP contribution >= 0.6 is 0 Å². The van der Waals surface area contributed by atoms with Crippen LogP contribution in [0.5, 0.6) is 0 Å². The van der Waals surface area contributed by atoms with Crippen molar-refractivity contribution in [1.82, 2.24) is 4.57 Å². The van der Waals surface area contributed by atoms with Gasteiger partial charge in [0.05, 0.1) is 11.1 Å². The van der Waals surface area contributed by atoms with Gasteiger partial charge in [-0.1, -0.05) is 30.3 Å². The lowest BCUT2D eigenvalue weighted by atomic mass is 10.1. The van der Waals surface area contributed by atoms with Gasteiger partial charge in [-0.3, -0.25) is 4.79 Å². The molecular weight excluding hydrogens is 236 g/mol. The van der Waals surface area contributed by atoms with Crippen molar-refractivity contribution < 1.29 is 4.79 Å². The molecule has 0 aliphatic heterocycles. The Balaban J connectivity index is 2.00. The lowest BCUT2D eigenvalue weighted by Crippen LogP contribution is -2.13. The maximum atomic E-state index is 12.4. The van der Waals surface area contributed by atoms with Gasteiger partial charge in [-0.2, -0.15) is 0 Å². The second-order valence-electron chi connectivity index (χ2n) is 4.49. The number of hydrogen-bond donors (Lipinski definition) is 1. The molecular formula is C16H14N2O. The molecule has 3 rings (SSSR count). The maximum absolute atomic E-state index is 12.4. The Kier molecular flexibility index (Phi) is 2.80. The summed E-state index contributed by atoms with van der Waals surface area (Å²) in [6.45, 7) is 0. The minimum absolute atomic E-state index is 0.0846. The SMILES string of the molecule is Cn1ccc2cccc(C(=O)Nc3ccccc3)c21. The Morgan fingerprint density at radius 1 is 1.00 bits per heavy atom. The number of fused-ring (bicyclic) bond motifs is 1. The molecule has 0 aliphatic rings.